The molecule has 2 aliphatic rings. The number of ketones is 1. The van der Waals surface area contributed by atoms with Gasteiger partial charge >= 0.3 is 6.09 Å². The highest BCUT2D eigenvalue weighted by Crippen LogP contribution is 2.29. The van der Waals surface area contributed by atoms with Crippen molar-refractivity contribution in [2.24, 2.45) is 5.73 Å². The molecule has 168 valence electrons. The lowest BCUT2D eigenvalue weighted by Gasteiger charge is -2.36. The fourth-order valence-electron chi connectivity index (χ4n) is 3.64. The molecule has 2 aliphatic heterocycles. The number of amides is 2. The number of halogens is 1. The maximum Gasteiger partial charge on any atom is 0.414 e. The van der Waals surface area contributed by atoms with Crippen molar-refractivity contribution in [1.29, 1.82) is 0 Å². The first-order valence-corrected chi connectivity index (χ1v) is 10.5. The number of thiocarbonyl (C=S) groups is 1. The zero-order chi connectivity index (χ0) is 22.5. The van der Waals surface area contributed by atoms with E-state index in [0.29, 0.717) is 50.4 Å². The van der Waals surface area contributed by atoms with E-state index in [-0.39, 0.29) is 36.0 Å². The molecule has 1 aromatic carbocycles. The molecule has 1 aromatic rings. The molecule has 1 atom stereocenters. The van der Waals surface area contributed by atoms with Crippen LogP contribution < -0.4 is 20.9 Å². The Morgan fingerprint density at radius 2 is 2.00 bits per heavy atom. The van der Waals surface area contributed by atoms with E-state index in [1.54, 1.807) is 17.0 Å². The molecule has 0 unspecified atom stereocenters. The number of rotatable bonds is 7. The van der Waals surface area contributed by atoms with Crippen LogP contribution in [-0.2, 0) is 14.3 Å². The second-order valence-electron chi connectivity index (χ2n) is 7.58. The molecule has 0 saturated carbocycles. The zero-order valence-electron chi connectivity index (χ0n) is 17.3. The number of hydrogen-bond donors (Lipinski definition) is 2. The number of cyclic esters (lactones) is 1. The smallest absolute Gasteiger partial charge is 0.414 e. The molecule has 0 aromatic heterocycles. The van der Waals surface area contributed by atoms with Gasteiger partial charge in [0.05, 0.1) is 24.5 Å². The molecule has 11 heteroatoms. The van der Waals surface area contributed by atoms with Gasteiger partial charge in [0.1, 0.15) is 17.7 Å². The first-order chi connectivity index (χ1) is 14.7. The lowest BCUT2D eigenvalue weighted by Crippen LogP contribution is -2.51. The van der Waals surface area contributed by atoms with Gasteiger partial charge in [0.25, 0.3) is 0 Å². The van der Waals surface area contributed by atoms with Crippen LogP contribution in [0.3, 0.4) is 0 Å². The Bertz CT molecular complexity index is 875. The molecule has 2 heterocycles. The summed E-state index contributed by atoms with van der Waals surface area (Å²) in [5.74, 6) is -0.534. The van der Waals surface area contributed by atoms with Crippen molar-refractivity contribution in [3.05, 3.63) is 24.0 Å². The SMILES string of the molecule is CC(=O)CC[C@H]1CN(c2ccc(N3CCN(C(=O)CNC(N)=S)CC3)c(F)c2)C(=O)O1. The van der Waals surface area contributed by atoms with Crippen molar-refractivity contribution in [2.45, 2.75) is 25.9 Å². The fraction of sp³-hybridized carbons (Fsp3) is 0.500. The lowest BCUT2D eigenvalue weighted by atomic mass is 10.1. The van der Waals surface area contributed by atoms with Crippen LogP contribution in [-0.4, -0.2) is 73.2 Å². The van der Waals surface area contributed by atoms with Crippen LogP contribution in [0.5, 0.6) is 0 Å². The molecule has 9 nitrogen and oxygen atoms in total. The van der Waals surface area contributed by atoms with E-state index < -0.39 is 11.9 Å². The summed E-state index contributed by atoms with van der Waals surface area (Å²) in [7, 11) is 0. The summed E-state index contributed by atoms with van der Waals surface area (Å²) in [5.41, 5.74) is 6.17. The Kier molecular flexibility index (Phi) is 7.26. The molecule has 2 fully saturated rings. The third-order valence-electron chi connectivity index (χ3n) is 5.32. The van der Waals surface area contributed by atoms with Crippen molar-refractivity contribution >= 4 is 46.5 Å². The molecular weight excluding hydrogens is 425 g/mol. The molecule has 31 heavy (non-hydrogen) atoms. The van der Waals surface area contributed by atoms with Gasteiger partial charge in [0.15, 0.2) is 5.11 Å². The molecule has 2 amide bonds. The predicted molar refractivity (Wildman–Crippen MR) is 118 cm³/mol. The summed E-state index contributed by atoms with van der Waals surface area (Å²) >= 11 is 4.70. The monoisotopic (exact) mass is 451 g/mol. The highest BCUT2D eigenvalue weighted by molar-refractivity contribution is 7.80. The summed E-state index contributed by atoms with van der Waals surface area (Å²) in [6.45, 7) is 3.68. The Balaban J connectivity index is 1.58. The van der Waals surface area contributed by atoms with Crippen LogP contribution in [0.1, 0.15) is 19.8 Å². The molecule has 0 aliphatic carbocycles. The van der Waals surface area contributed by atoms with E-state index in [4.69, 9.17) is 22.7 Å². The van der Waals surface area contributed by atoms with E-state index in [1.807, 2.05) is 4.90 Å². The predicted octanol–water partition coefficient (Wildman–Crippen LogP) is 1.00. The minimum absolute atomic E-state index is 0.0331. The van der Waals surface area contributed by atoms with E-state index >= 15 is 0 Å². The fourth-order valence-corrected chi connectivity index (χ4v) is 3.71. The lowest BCUT2D eigenvalue weighted by molar-refractivity contribution is -0.130. The van der Waals surface area contributed by atoms with Gasteiger partial charge in [-0.05, 0) is 43.8 Å². The Labute approximate surface area is 185 Å². The second kappa shape index (κ2) is 9.90. The van der Waals surface area contributed by atoms with Gasteiger partial charge in [-0.1, -0.05) is 0 Å². The largest absolute Gasteiger partial charge is 0.444 e. The number of nitrogens with two attached hydrogens (primary N) is 1. The standard InChI is InChI=1S/C20H26FN5O4S/c1-13(27)2-4-15-12-26(20(29)30-15)14-3-5-17(16(21)10-14)24-6-8-25(9-7-24)18(28)11-23-19(22)31/h3,5,10,15H,2,4,6-9,11-12H2,1H3,(H3,22,23,31)/t15-/m0/s1. The minimum Gasteiger partial charge on any atom is -0.444 e. The topological polar surface area (TPSA) is 108 Å². The van der Waals surface area contributed by atoms with E-state index in [9.17, 15) is 18.8 Å². The van der Waals surface area contributed by atoms with E-state index in [0.717, 1.165) is 0 Å². The van der Waals surface area contributed by atoms with Crippen molar-refractivity contribution in [3.63, 3.8) is 0 Å². The molecule has 0 spiro atoms. The van der Waals surface area contributed by atoms with Crippen LogP contribution in [0.4, 0.5) is 20.6 Å². The van der Waals surface area contributed by atoms with Crippen molar-refractivity contribution in [2.75, 3.05) is 49.1 Å². The van der Waals surface area contributed by atoms with Crippen LogP contribution in [0.25, 0.3) is 0 Å². The second-order valence-corrected chi connectivity index (χ2v) is 8.02. The average Bonchev–Trinajstić information content (AvgIpc) is 3.11. The number of nitrogens with one attached hydrogen (secondary N) is 1. The number of carbonyl (C=O) groups is 3. The van der Waals surface area contributed by atoms with Gasteiger partial charge in [-0.3, -0.25) is 9.69 Å². The highest BCUT2D eigenvalue weighted by Gasteiger charge is 2.33. The molecule has 3 rings (SSSR count). The summed E-state index contributed by atoms with van der Waals surface area (Å²) in [6, 6.07) is 4.62. The van der Waals surface area contributed by atoms with Gasteiger partial charge in [0, 0.05) is 32.6 Å². The van der Waals surface area contributed by atoms with Gasteiger partial charge in [-0.2, -0.15) is 0 Å². The van der Waals surface area contributed by atoms with Crippen LogP contribution in [0.2, 0.25) is 0 Å². The zero-order valence-corrected chi connectivity index (χ0v) is 18.1. The van der Waals surface area contributed by atoms with Crippen molar-refractivity contribution in [1.82, 2.24) is 10.2 Å². The third kappa shape index (κ3) is 5.81. The highest BCUT2D eigenvalue weighted by atomic mass is 32.1. The minimum atomic E-state index is -0.543. The number of ether oxygens (including phenoxy) is 1. The number of carbonyl (C=O) groups excluding carboxylic acids is 3. The van der Waals surface area contributed by atoms with Crippen LogP contribution >= 0.6 is 12.2 Å². The summed E-state index contributed by atoms with van der Waals surface area (Å²) < 4.78 is 20.1. The Morgan fingerprint density at radius 1 is 1.29 bits per heavy atom. The molecular formula is C20H26FN5O4S. The van der Waals surface area contributed by atoms with Gasteiger partial charge in [0.2, 0.25) is 5.91 Å². The quantitative estimate of drug-likeness (QED) is 0.592. The van der Waals surface area contributed by atoms with E-state index in [2.05, 4.69) is 5.32 Å². The van der Waals surface area contributed by atoms with Gasteiger partial charge in [-0.25, -0.2) is 9.18 Å². The Morgan fingerprint density at radius 3 is 2.61 bits per heavy atom. The number of Topliss-reactive ketones (excluding diaryl/α,β-unsaturated/α-hetero) is 1. The summed E-state index contributed by atoms with van der Waals surface area (Å²) in [5, 5.41) is 2.70. The number of piperazine rings is 1. The van der Waals surface area contributed by atoms with Gasteiger partial charge < -0.3 is 30.4 Å². The van der Waals surface area contributed by atoms with Crippen LogP contribution in [0, 0.1) is 5.82 Å². The van der Waals surface area contributed by atoms with Crippen LogP contribution in [0.15, 0.2) is 18.2 Å². The summed E-state index contributed by atoms with van der Waals surface area (Å²) in [6.07, 6.45) is -0.137. The van der Waals surface area contributed by atoms with E-state index in [1.165, 1.54) is 17.9 Å². The van der Waals surface area contributed by atoms with Crippen molar-refractivity contribution < 1.29 is 23.5 Å². The maximum absolute atomic E-state index is 14.8. The third-order valence-corrected chi connectivity index (χ3v) is 5.47. The normalized spacial score (nSPS) is 18.7. The Hall–Kier alpha value is -2.95. The first kappa shape index (κ1) is 22.7. The maximum atomic E-state index is 14.8. The van der Waals surface area contributed by atoms with Crippen molar-refractivity contribution in [3.8, 4) is 0 Å². The molecule has 3 N–H and O–H groups in total. The number of anilines is 2. The number of hydrogen-bond acceptors (Lipinski definition) is 6. The van der Waals surface area contributed by atoms with Gasteiger partial charge in [-0.15, -0.1) is 0 Å². The molecule has 0 bridgehead atoms. The number of nitrogens with zero attached hydrogens (tertiary/aromatic N) is 3. The summed E-state index contributed by atoms with van der Waals surface area (Å²) in [4.78, 5) is 40.3. The first-order valence-electron chi connectivity index (χ1n) is 10.1. The molecule has 2 saturated heterocycles. The number of benzene rings is 1. The average molecular weight is 452 g/mol. The molecule has 0 radical (unpaired) electrons.